The van der Waals surface area contributed by atoms with Crippen LogP contribution in [-0.4, -0.2) is 47.5 Å². The average Bonchev–Trinajstić information content (AvgIpc) is 2.83. The molecule has 20 heavy (non-hydrogen) atoms. The van der Waals surface area contributed by atoms with Gasteiger partial charge in [-0.15, -0.1) is 0 Å². The summed E-state index contributed by atoms with van der Waals surface area (Å²) >= 11 is 0. The van der Waals surface area contributed by atoms with Crippen LogP contribution in [0.4, 0.5) is 11.6 Å². The highest BCUT2D eigenvalue weighted by molar-refractivity contribution is 5.83. The molecule has 1 heterocycles. The summed E-state index contributed by atoms with van der Waals surface area (Å²) in [5.74, 6) is 0.767. The summed E-state index contributed by atoms with van der Waals surface area (Å²) in [6.07, 6.45) is 0. The molecule has 0 fully saturated rings. The highest BCUT2D eigenvalue weighted by Gasteiger charge is 2.15. The molecule has 1 aromatic heterocycles. The zero-order valence-electron chi connectivity index (χ0n) is 12.2. The van der Waals surface area contributed by atoms with E-state index in [1.54, 1.807) is 4.90 Å². The van der Waals surface area contributed by atoms with E-state index < -0.39 is 0 Å². The van der Waals surface area contributed by atoms with E-state index in [1.165, 1.54) is 0 Å². The zero-order valence-corrected chi connectivity index (χ0v) is 12.2. The minimum Gasteiger partial charge on any atom is -0.399 e. The van der Waals surface area contributed by atoms with E-state index in [-0.39, 0.29) is 5.91 Å². The predicted molar refractivity (Wildman–Crippen MR) is 81.7 cm³/mol. The Bertz CT molecular complexity index is 603. The number of carbonyl (C=O) groups is 1. The molecule has 0 spiro atoms. The van der Waals surface area contributed by atoms with Crippen molar-refractivity contribution in [1.29, 1.82) is 0 Å². The van der Waals surface area contributed by atoms with Gasteiger partial charge in [-0.2, -0.15) is 0 Å². The molecular weight excluding hydrogens is 254 g/mol. The molecule has 2 aromatic rings. The van der Waals surface area contributed by atoms with Crippen molar-refractivity contribution in [3.05, 3.63) is 18.2 Å². The van der Waals surface area contributed by atoms with Crippen molar-refractivity contribution in [3.8, 4) is 0 Å². The first-order chi connectivity index (χ1) is 9.55. The minimum absolute atomic E-state index is 0.0949. The molecule has 0 aliphatic carbocycles. The van der Waals surface area contributed by atoms with Crippen molar-refractivity contribution in [2.45, 2.75) is 13.8 Å². The Morgan fingerprint density at radius 2 is 2.05 bits per heavy atom. The van der Waals surface area contributed by atoms with E-state index in [4.69, 9.17) is 5.73 Å². The fraction of sp³-hybridized carbons (Fsp3) is 0.429. The van der Waals surface area contributed by atoms with Crippen LogP contribution >= 0.6 is 0 Å². The summed E-state index contributed by atoms with van der Waals surface area (Å²) in [5.41, 5.74) is 8.15. The molecule has 1 aromatic carbocycles. The normalized spacial score (nSPS) is 10.8. The molecule has 2 rings (SSSR count). The topological polar surface area (TPSA) is 78.2 Å². The van der Waals surface area contributed by atoms with Crippen LogP contribution in [0.1, 0.15) is 13.8 Å². The van der Waals surface area contributed by atoms with Crippen LogP contribution in [0.25, 0.3) is 11.0 Å². The number of benzene rings is 1. The van der Waals surface area contributed by atoms with Crippen molar-refractivity contribution >= 4 is 28.6 Å². The van der Waals surface area contributed by atoms with Crippen LogP contribution in [0.5, 0.6) is 0 Å². The molecule has 0 aliphatic rings. The van der Waals surface area contributed by atoms with E-state index in [1.807, 2.05) is 44.0 Å². The lowest BCUT2D eigenvalue weighted by Gasteiger charge is -2.22. The van der Waals surface area contributed by atoms with Gasteiger partial charge >= 0.3 is 0 Å². The van der Waals surface area contributed by atoms with Gasteiger partial charge in [-0.1, -0.05) is 0 Å². The van der Waals surface area contributed by atoms with Crippen LogP contribution in [-0.2, 0) is 4.79 Å². The van der Waals surface area contributed by atoms with Crippen molar-refractivity contribution in [1.82, 2.24) is 14.9 Å². The molecule has 0 aliphatic heterocycles. The van der Waals surface area contributed by atoms with E-state index in [9.17, 15) is 4.79 Å². The van der Waals surface area contributed by atoms with Crippen LogP contribution in [0, 0.1) is 0 Å². The Balaban J connectivity index is 2.14. The second-order valence-electron chi connectivity index (χ2n) is 4.76. The molecule has 0 saturated carbocycles. The van der Waals surface area contributed by atoms with E-state index >= 15 is 0 Å². The number of carbonyl (C=O) groups excluding carboxylic acids is 1. The second-order valence-corrected chi connectivity index (χ2v) is 4.76. The number of hydrogen-bond donors (Lipinski definition) is 2. The summed E-state index contributed by atoms with van der Waals surface area (Å²) in [5, 5.41) is 0. The maximum Gasteiger partial charge on any atom is 0.242 e. The molecular formula is C14H21N5O. The summed E-state index contributed by atoms with van der Waals surface area (Å²) in [6, 6.07) is 5.52. The summed E-state index contributed by atoms with van der Waals surface area (Å²) in [6.45, 7) is 5.70. The third kappa shape index (κ3) is 2.84. The lowest BCUT2D eigenvalue weighted by Crippen LogP contribution is -2.39. The molecule has 6 nitrogen and oxygen atoms in total. The lowest BCUT2D eigenvalue weighted by molar-refractivity contribution is -0.129. The van der Waals surface area contributed by atoms with Gasteiger partial charge in [-0.3, -0.25) is 4.79 Å². The average molecular weight is 275 g/mol. The number of aromatic nitrogens is 2. The number of nitrogens with two attached hydrogens (primary N) is 1. The maximum absolute atomic E-state index is 12.1. The van der Waals surface area contributed by atoms with Gasteiger partial charge in [0.05, 0.1) is 17.6 Å². The summed E-state index contributed by atoms with van der Waals surface area (Å²) in [7, 11) is 1.85. The zero-order chi connectivity index (χ0) is 14.7. The van der Waals surface area contributed by atoms with Crippen LogP contribution in [0.3, 0.4) is 0 Å². The number of amides is 1. The Labute approximate surface area is 118 Å². The second kappa shape index (κ2) is 5.81. The number of H-pyrrole nitrogens is 1. The monoisotopic (exact) mass is 275 g/mol. The molecule has 0 bridgehead atoms. The fourth-order valence-electron chi connectivity index (χ4n) is 2.15. The van der Waals surface area contributed by atoms with Crippen LogP contribution < -0.4 is 10.6 Å². The Hall–Kier alpha value is -2.24. The number of imidazole rings is 1. The van der Waals surface area contributed by atoms with E-state index in [0.29, 0.717) is 18.2 Å². The van der Waals surface area contributed by atoms with E-state index in [2.05, 4.69) is 9.97 Å². The Morgan fingerprint density at radius 3 is 2.70 bits per heavy atom. The maximum atomic E-state index is 12.1. The minimum atomic E-state index is 0.0949. The standard InChI is InChI=1S/C14H21N5O/c1-4-19(5-2)13(20)9-18(3)14-16-11-7-6-10(15)8-12(11)17-14/h6-8H,4-5,9,15H2,1-3H3,(H,16,17). The molecule has 1 amide bonds. The molecule has 0 atom stereocenters. The number of rotatable bonds is 5. The lowest BCUT2D eigenvalue weighted by atomic mass is 10.3. The van der Waals surface area contributed by atoms with Gasteiger partial charge in [0.15, 0.2) is 0 Å². The van der Waals surface area contributed by atoms with Crippen molar-refractivity contribution in [3.63, 3.8) is 0 Å². The Morgan fingerprint density at radius 1 is 1.35 bits per heavy atom. The van der Waals surface area contributed by atoms with Gasteiger partial charge in [0.1, 0.15) is 0 Å². The van der Waals surface area contributed by atoms with E-state index in [0.717, 1.165) is 24.1 Å². The fourth-order valence-corrected chi connectivity index (χ4v) is 2.15. The Kier molecular flexibility index (Phi) is 4.12. The first-order valence-corrected chi connectivity index (χ1v) is 6.79. The smallest absolute Gasteiger partial charge is 0.242 e. The number of fused-ring (bicyclic) bond motifs is 1. The van der Waals surface area contributed by atoms with Crippen molar-refractivity contribution in [2.24, 2.45) is 0 Å². The largest absolute Gasteiger partial charge is 0.399 e. The molecule has 0 saturated heterocycles. The van der Waals surface area contributed by atoms with Gasteiger partial charge in [0, 0.05) is 25.8 Å². The predicted octanol–water partition coefficient (Wildman–Crippen LogP) is 1.45. The first kappa shape index (κ1) is 14.2. The number of aromatic amines is 1. The third-order valence-corrected chi connectivity index (χ3v) is 3.34. The number of likely N-dealkylation sites (N-methyl/N-ethyl adjacent to an activating group) is 2. The summed E-state index contributed by atoms with van der Waals surface area (Å²) in [4.78, 5) is 23.3. The number of nitrogens with one attached hydrogen (secondary N) is 1. The first-order valence-electron chi connectivity index (χ1n) is 6.79. The number of hydrogen-bond acceptors (Lipinski definition) is 4. The highest BCUT2D eigenvalue weighted by Crippen LogP contribution is 2.18. The molecule has 3 N–H and O–H groups in total. The van der Waals surface area contributed by atoms with Gasteiger partial charge in [-0.05, 0) is 32.0 Å². The third-order valence-electron chi connectivity index (χ3n) is 3.34. The van der Waals surface area contributed by atoms with Gasteiger partial charge < -0.3 is 20.5 Å². The van der Waals surface area contributed by atoms with Crippen molar-refractivity contribution in [2.75, 3.05) is 37.3 Å². The van der Waals surface area contributed by atoms with Crippen LogP contribution in [0.15, 0.2) is 18.2 Å². The van der Waals surface area contributed by atoms with Crippen LogP contribution in [0.2, 0.25) is 0 Å². The highest BCUT2D eigenvalue weighted by atomic mass is 16.2. The SMILES string of the molecule is CCN(CC)C(=O)CN(C)c1nc2ccc(N)cc2[nH]1. The molecule has 0 radical (unpaired) electrons. The quantitative estimate of drug-likeness (QED) is 0.810. The van der Waals surface area contributed by atoms with Crippen molar-refractivity contribution < 1.29 is 4.79 Å². The van der Waals surface area contributed by atoms with Gasteiger partial charge in [0.2, 0.25) is 11.9 Å². The number of nitrogen functional groups attached to an aromatic ring is 1. The molecule has 6 heteroatoms. The van der Waals surface area contributed by atoms with Gasteiger partial charge in [-0.25, -0.2) is 4.98 Å². The number of anilines is 2. The molecule has 0 unspecified atom stereocenters. The number of nitrogens with zero attached hydrogens (tertiary/aromatic N) is 3. The summed E-state index contributed by atoms with van der Waals surface area (Å²) < 4.78 is 0. The van der Waals surface area contributed by atoms with Gasteiger partial charge in [0.25, 0.3) is 0 Å². The molecule has 108 valence electrons.